The van der Waals surface area contributed by atoms with Crippen molar-refractivity contribution in [1.82, 2.24) is 0 Å². The van der Waals surface area contributed by atoms with Gasteiger partial charge in [0.25, 0.3) is 0 Å². The number of rotatable bonds is 8. The normalized spacial score (nSPS) is 22.1. The zero-order chi connectivity index (χ0) is 15.4. The highest BCUT2D eigenvalue weighted by Crippen LogP contribution is 2.57. The number of hydrogen-bond acceptors (Lipinski definition) is 0. The molecule has 0 aliphatic rings. The Morgan fingerprint density at radius 3 is 1.53 bits per heavy atom. The molecule has 0 aromatic rings. The monoisotopic (exact) mass is 268 g/mol. The first-order chi connectivity index (χ1) is 8.57. The van der Waals surface area contributed by atoms with E-state index in [0.29, 0.717) is 10.8 Å². The van der Waals surface area contributed by atoms with Crippen LogP contribution in [-0.2, 0) is 0 Å². The summed E-state index contributed by atoms with van der Waals surface area (Å²) in [5.41, 5.74) is 0.853. The van der Waals surface area contributed by atoms with Gasteiger partial charge in [0.2, 0.25) is 0 Å². The van der Waals surface area contributed by atoms with E-state index in [1.165, 1.54) is 19.3 Å². The van der Waals surface area contributed by atoms with E-state index in [4.69, 9.17) is 0 Å². The van der Waals surface area contributed by atoms with Gasteiger partial charge in [0.15, 0.2) is 0 Å². The van der Waals surface area contributed by atoms with E-state index in [-0.39, 0.29) is 0 Å². The average molecular weight is 269 g/mol. The van der Waals surface area contributed by atoms with Crippen molar-refractivity contribution in [3.05, 3.63) is 0 Å². The van der Waals surface area contributed by atoms with Crippen LogP contribution in [0.5, 0.6) is 0 Å². The molecule has 0 aromatic carbocycles. The lowest BCUT2D eigenvalue weighted by molar-refractivity contribution is -0.0771. The second kappa shape index (κ2) is 7.14. The van der Waals surface area contributed by atoms with E-state index < -0.39 is 0 Å². The third kappa shape index (κ3) is 3.56. The maximum absolute atomic E-state index is 2.56. The molecule has 0 bridgehead atoms. The van der Waals surface area contributed by atoms with Gasteiger partial charge < -0.3 is 0 Å². The predicted molar refractivity (Wildman–Crippen MR) is 89.4 cm³/mol. The average Bonchev–Trinajstić information content (AvgIpc) is 2.34. The molecule has 0 N–H and O–H groups in total. The van der Waals surface area contributed by atoms with Crippen LogP contribution in [0.3, 0.4) is 0 Å². The molecule has 19 heavy (non-hydrogen) atoms. The van der Waals surface area contributed by atoms with Crippen molar-refractivity contribution in [2.24, 2.45) is 34.5 Å². The maximum Gasteiger partial charge on any atom is -0.0221 e. The van der Waals surface area contributed by atoms with Gasteiger partial charge in [0.05, 0.1) is 0 Å². The summed E-state index contributed by atoms with van der Waals surface area (Å²) in [6.07, 6.45) is 3.93. The van der Waals surface area contributed by atoms with E-state index >= 15 is 0 Å². The first kappa shape index (κ1) is 19.0. The van der Waals surface area contributed by atoms with Crippen LogP contribution < -0.4 is 0 Å². The van der Waals surface area contributed by atoms with Crippen LogP contribution in [0.1, 0.15) is 88.5 Å². The Hall–Kier alpha value is 0. The molecule has 0 aromatic heterocycles. The fourth-order valence-electron chi connectivity index (χ4n) is 4.44. The smallest absolute Gasteiger partial charge is 0.0221 e. The van der Waals surface area contributed by atoms with Crippen molar-refractivity contribution in [1.29, 1.82) is 0 Å². The summed E-state index contributed by atoms with van der Waals surface area (Å²) in [6.45, 7) is 24.4. The third-order valence-corrected chi connectivity index (χ3v) is 6.71. The molecule has 4 atom stereocenters. The molecule has 0 heteroatoms. The molecular weight excluding hydrogens is 228 g/mol. The zero-order valence-corrected chi connectivity index (χ0v) is 15.4. The quantitative estimate of drug-likeness (QED) is 0.454. The molecule has 0 saturated heterocycles. The van der Waals surface area contributed by atoms with Crippen LogP contribution in [0, 0.1) is 34.5 Å². The van der Waals surface area contributed by atoms with Crippen LogP contribution >= 0.6 is 0 Å². The Morgan fingerprint density at radius 1 is 0.789 bits per heavy atom. The lowest BCUT2D eigenvalue weighted by atomic mass is 9.48. The predicted octanol–water partition coefficient (Wildman–Crippen LogP) is 6.79. The summed E-state index contributed by atoms with van der Waals surface area (Å²) in [7, 11) is 0. The van der Waals surface area contributed by atoms with Gasteiger partial charge in [0, 0.05) is 0 Å². The molecule has 0 fully saturated rings. The van der Waals surface area contributed by atoms with Crippen molar-refractivity contribution < 1.29 is 0 Å². The highest BCUT2D eigenvalue weighted by molar-refractivity contribution is 4.99. The second-order valence-electron chi connectivity index (χ2n) is 8.05. The second-order valence-corrected chi connectivity index (χ2v) is 8.05. The zero-order valence-electron chi connectivity index (χ0n) is 15.4. The lowest BCUT2D eigenvalue weighted by Gasteiger charge is -2.56. The summed E-state index contributed by atoms with van der Waals surface area (Å²) in [5, 5.41) is 0. The molecule has 0 heterocycles. The topological polar surface area (TPSA) is 0 Å². The molecule has 0 spiro atoms. The third-order valence-electron chi connectivity index (χ3n) is 6.71. The van der Waals surface area contributed by atoms with Gasteiger partial charge in [-0.15, -0.1) is 0 Å². The van der Waals surface area contributed by atoms with Crippen molar-refractivity contribution >= 4 is 0 Å². The van der Waals surface area contributed by atoms with Gasteiger partial charge in [-0.05, 0) is 47.3 Å². The van der Waals surface area contributed by atoms with E-state index in [1.807, 2.05) is 0 Å². The lowest BCUT2D eigenvalue weighted by Crippen LogP contribution is -2.49. The Morgan fingerprint density at radius 2 is 1.26 bits per heavy atom. The minimum absolute atomic E-state index is 0.421. The SMILES string of the molecule is CCC(C)C(C)(C(C)C)C(C)(CC)C(C)CC(C)C. The summed E-state index contributed by atoms with van der Waals surface area (Å²) in [6, 6.07) is 0. The van der Waals surface area contributed by atoms with Crippen LogP contribution in [0.2, 0.25) is 0 Å². The van der Waals surface area contributed by atoms with E-state index in [9.17, 15) is 0 Å². The Kier molecular flexibility index (Phi) is 7.14. The number of hydrogen-bond donors (Lipinski definition) is 0. The van der Waals surface area contributed by atoms with Gasteiger partial charge in [0.1, 0.15) is 0 Å². The molecule has 0 aliphatic carbocycles. The van der Waals surface area contributed by atoms with Gasteiger partial charge in [-0.3, -0.25) is 0 Å². The summed E-state index contributed by atoms with van der Waals surface area (Å²) in [5.74, 6) is 3.11. The summed E-state index contributed by atoms with van der Waals surface area (Å²) in [4.78, 5) is 0. The Balaban J connectivity index is 5.57. The van der Waals surface area contributed by atoms with Gasteiger partial charge in [-0.2, -0.15) is 0 Å². The molecular formula is C19H40. The Labute approximate surface area is 123 Å². The van der Waals surface area contributed by atoms with Crippen molar-refractivity contribution in [3.8, 4) is 0 Å². The van der Waals surface area contributed by atoms with Gasteiger partial charge >= 0.3 is 0 Å². The van der Waals surface area contributed by atoms with Crippen molar-refractivity contribution in [2.45, 2.75) is 88.5 Å². The van der Waals surface area contributed by atoms with Crippen LogP contribution in [0.25, 0.3) is 0 Å². The van der Waals surface area contributed by atoms with Crippen molar-refractivity contribution in [2.75, 3.05) is 0 Å². The summed E-state index contributed by atoms with van der Waals surface area (Å²) < 4.78 is 0. The highest BCUT2D eigenvalue weighted by atomic mass is 14.5. The maximum atomic E-state index is 2.56. The molecule has 0 rings (SSSR count). The fourth-order valence-corrected chi connectivity index (χ4v) is 4.44. The van der Waals surface area contributed by atoms with Crippen LogP contribution in [0.4, 0.5) is 0 Å². The molecule has 116 valence electrons. The largest absolute Gasteiger partial charge is 0.0651 e. The molecule has 0 amide bonds. The molecule has 0 radical (unpaired) electrons. The first-order valence-corrected chi connectivity index (χ1v) is 8.57. The molecule has 0 nitrogen and oxygen atoms in total. The Bertz CT molecular complexity index is 253. The van der Waals surface area contributed by atoms with Crippen LogP contribution in [-0.4, -0.2) is 0 Å². The van der Waals surface area contributed by atoms with E-state index in [1.54, 1.807) is 0 Å². The van der Waals surface area contributed by atoms with E-state index in [0.717, 1.165) is 23.7 Å². The van der Waals surface area contributed by atoms with Gasteiger partial charge in [-0.25, -0.2) is 0 Å². The summed E-state index contributed by atoms with van der Waals surface area (Å²) >= 11 is 0. The molecule has 4 unspecified atom stereocenters. The molecule has 0 aliphatic heterocycles. The van der Waals surface area contributed by atoms with Crippen LogP contribution in [0.15, 0.2) is 0 Å². The minimum atomic E-state index is 0.421. The first-order valence-electron chi connectivity index (χ1n) is 8.57. The standard InChI is InChI=1S/C19H40/c1-11-16(7)19(10,15(5)6)18(9,12-2)17(8)13-14(3)4/h14-17H,11-13H2,1-10H3. The van der Waals surface area contributed by atoms with E-state index in [2.05, 4.69) is 69.2 Å². The fraction of sp³-hybridized carbons (Fsp3) is 1.00. The van der Waals surface area contributed by atoms with Gasteiger partial charge in [-0.1, -0.05) is 75.7 Å². The van der Waals surface area contributed by atoms with Crippen molar-refractivity contribution in [3.63, 3.8) is 0 Å². The highest BCUT2D eigenvalue weighted by Gasteiger charge is 2.50. The minimum Gasteiger partial charge on any atom is -0.0651 e. The molecule has 0 saturated carbocycles.